The molecule has 6 nitrogen and oxygen atoms in total. The van der Waals surface area contributed by atoms with Crippen molar-refractivity contribution >= 4 is 16.8 Å². The molecule has 1 saturated heterocycles. The molecular weight excluding hydrogens is 342 g/mol. The molecule has 3 heterocycles. The standard InChI is InChI=1S/C21H21N3O3/c1-24-10-4-6-17(21(24)26)20(25)23-19-13-27-12-15(19)11-14-8-9-22-18-7-3-2-5-16(14)18/h2-10,15,19H,11-13H2,1H3,(H,23,25)/t15-,19-/m1/s1. The summed E-state index contributed by atoms with van der Waals surface area (Å²) in [5.74, 6) is -0.205. The zero-order valence-electron chi connectivity index (χ0n) is 15.1. The Morgan fingerprint density at radius 2 is 2.07 bits per heavy atom. The number of fused-ring (bicyclic) bond motifs is 1. The van der Waals surface area contributed by atoms with Crippen LogP contribution >= 0.6 is 0 Å². The summed E-state index contributed by atoms with van der Waals surface area (Å²) in [5, 5.41) is 4.11. The van der Waals surface area contributed by atoms with Gasteiger partial charge in [-0.1, -0.05) is 18.2 Å². The predicted molar refractivity (Wildman–Crippen MR) is 103 cm³/mol. The fraction of sp³-hybridized carbons (Fsp3) is 0.286. The van der Waals surface area contributed by atoms with Crippen LogP contribution in [0.3, 0.4) is 0 Å². The summed E-state index contributed by atoms with van der Waals surface area (Å²) in [4.78, 5) is 29.2. The molecule has 0 bridgehead atoms. The lowest BCUT2D eigenvalue weighted by molar-refractivity contribution is 0.0923. The van der Waals surface area contributed by atoms with Crippen LogP contribution in [-0.2, 0) is 18.2 Å². The molecule has 1 amide bonds. The van der Waals surface area contributed by atoms with Crippen LogP contribution in [0.25, 0.3) is 10.9 Å². The second-order valence-corrected chi connectivity index (χ2v) is 6.91. The lowest BCUT2D eigenvalue weighted by Crippen LogP contribution is -2.42. The van der Waals surface area contributed by atoms with Gasteiger partial charge in [-0.05, 0) is 36.2 Å². The zero-order chi connectivity index (χ0) is 18.8. The van der Waals surface area contributed by atoms with Crippen molar-refractivity contribution in [2.75, 3.05) is 13.2 Å². The predicted octanol–water partition coefficient (Wildman–Crippen LogP) is 1.92. The summed E-state index contributed by atoms with van der Waals surface area (Å²) in [7, 11) is 1.63. The van der Waals surface area contributed by atoms with Crippen molar-refractivity contribution in [1.29, 1.82) is 0 Å². The van der Waals surface area contributed by atoms with Gasteiger partial charge in [0.25, 0.3) is 11.5 Å². The Hall–Kier alpha value is -2.99. The number of carbonyl (C=O) groups excluding carboxylic acids is 1. The van der Waals surface area contributed by atoms with Gasteiger partial charge in [-0.25, -0.2) is 0 Å². The van der Waals surface area contributed by atoms with E-state index in [4.69, 9.17) is 4.74 Å². The summed E-state index contributed by atoms with van der Waals surface area (Å²) < 4.78 is 7.03. The third-order valence-electron chi connectivity index (χ3n) is 5.10. The third-order valence-corrected chi connectivity index (χ3v) is 5.10. The number of aromatic nitrogens is 2. The fourth-order valence-electron chi connectivity index (χ4n) is 3.59. The van der Waals surface area contributed by atoms with E-state index in [2.05, 4.69) is 16.4 Å². The first-order valence-electron chi connectivity index (χ1n) is 9.00. The first-order chi connectivity index (χ1) is 13.1. The number of aryl methyl sites for hydroxylation is 1. The van der Waals surface area contributed by atoms with E-state index < -0.39 is 0 Å². The summed E-state index contributed by atoms with van der Waals surface area (Å²) in [6.07, 6.45) is 4.23. The van der Waals surface area contributed by atoms with Crippen LogP contribution < -0.4 is 10.9 Å². The number of ether oxygens (including phenoxy) is 1. The fourth-order valence-corrected chi connectivity index (χ4v) is 3.59. The van der Waals surface area contributed by atoms with Gasteiger partial charge in [-0.15, -0.1) is 0 Å². The number of pyridine rings is 2. The van der Waals surface area contributed by atoms with Crippen molar-refractivity contribution in [2.45, 2.75) is 12.5 Å². The molecule has 1 fully saturated rings. The number of nitrogens with zero attached hydrogens (tertiary/aromatic N) is 2. The molecule has 0 spiro atoms. The molecule has 27 heavy (non-hydrogen) atoms. The summed E-state index contributed by atoms with van der Waals surface area (Å²) >= 11 is 0. The molecule has 4 rings (SSSR count). The minimum absolute atomic E-state index is 0.130. The minimum atomic E-state index is -0.351. The smallest absolute Gasteiger partial charge is 0.263 e. The van der Waals surface area contributed by atoms with Crippen LogP contribution in [0.15, 0.2) is 59.7 Å². The van der Waals surface area contributed by atoms with Crippen LogP contribution in [-0.4, -0.2) is 34.7 Å². The number of rotatable bonds is 4. The lowest BCUT2D eigenvalue weighted by atomic mass is 9.93. The number of amides is 1. The van der Waals surface area contributed by atoms with Crippen LogP contribution in [0.2, 0.25) is 0 Å². The maximum absolute atomic E-state index is 12.6. The van der Waals surface area contributed by atoms with Gasteiger partial charge >= 0.3 is 0 Å². The maximum atomic E-state index is 12.6. The summed E-state index contributed by atoms with van der Waals surface area (Å²) in [5.41, 5.74) is 2.00. The molecule has 6 heteroatoms. The van der Waals surface area contributed by atoms with Gasteiger partial charge in [0.05, 0.1) is 24.8 Å². The molecule has 2 atom stereocenters. The van der Waals surface area contributed by atoms with Crippen molar-refractivity contribution in [3.63, 3.8) is 0 Å². The Labute approximate surface area is 156 Å². The third kappa shape index (κ3) is 3.48. The topological polar surface area (TPSA) is 73.2 Å². The van der Waals surface area contributed by atoms with Crippen molar-refractivity contribution in [3.05, 3.63) is 76.3 Å². The van der Waals surface area contributed by atoms with Gasteiger partial charge in [0.1, 0.15) is 5.56 Å². The van der Waals surface area contributed by atoms with E-state index in [9.17, 15) is 9.59 Å². The normalized spacial score (nSPS) is 19.3. The minimum Gasteiger partial charge on any atom is -0.379 e. The lowest BCUT2D eigenvalue weighted by Gasteiger charge is -2.20. The molecule has 1 aromatic carbocycles. The zero-order valence-corrected chi connectivity index (χ0v) is 15.1. The number of hydrogen-bond acceptors (Lipinski definition) is 4. The largest absolute Gasteiger partial charge is 0.379 e. The van der Waals surface area contributed by atoms with Crippen molar-refractivity contribution < 1.29 is 9.53 Å². The van der Waals surface area contributed by atoms with Gasteiger partial charge in [-0.3, -0.25) is 14.6 Å². The van der Waals surface area contributed by atoms with E-state index >= 15 is 0 Å². The number of benzene rings is 1. The van der Waals surface area contributed by atoms with Crippen LogP contribution in [0.1, 0.15) is 15.9 Å². The molecular formula is C21H21N3O3. The highest BCUT2D eigenvalue weighted by atomic mass is 16.5. The second kappa shape index (κ2) is 7.32. The summed E-state index contributed by atoms with van der Waals surface area (Å²) in [6.45, 7) is 1.03. The van der Waals surface area contributed by atoms with E-state index in [0.717, 1.165) is 17.3 Å². The van der Waals surface area contributed by atoms with E-state index in [1.807, 2.05) is 30.5 Å². The highest BCUT2D eigenvalue weighted by molar-refractivity contribution is 5.94. The summed E-state index contributed by atoms with van der Waals surface area (Å²) in [6, 6.07) is 13.2. The quantitative estimate of drug-likeness (QED) is 0.769. The maximum Gasteiger partial charge on any atom is 0.263 e. The Morgan fingerprint density at radius 3 is 2.96 bits per heavy atom. The number of hydrogen-bond donors (Lipinski definition) is 1. The molecule has 1 aliphatic rings. The van der Waals surface area contributed by atoms with Gasteiger partial charge in [-0.2, -0.15) is 0 Å². The number of nitrogens with one attached hydrogen (secondary N) is 1. The number of para-hydroxylation sites is 1. The van der Waals surface area contributed by atoms with Gasteiger partial charge in [0.2, 0.25) is 0 Å². The Bertz CT molecular complexity index is 1040. The molecule has 0 aliphatic carbocycles. The van der Waals surface area contributed by atoms with Crippen molar-refractivity contribution in [1.82, 2.24) is 14.9 Å². The second-order valence-electron chi connectivity index (χ2n) is 6.91. The van der Waals surface area contributed by atoms with Gasteiger partial charge in [0.15, 0.2) is 0 Å². The van der Waals surface area contributed by atoms with Gasteiger partial charge < -0.3 is 14.6 Å². The molecule has 0 unspecified atom stereocenters. The van der Waals surface area contributed by atoms with E-state index in [1.165, 1.54) is 10.1 Å². The van der Waals surface area contributed by atoms with Crippen molar-refractivity contribution in [2.24, 2.45) is 13.0 Å². The monoisotopic (exact) mass is 363 g/mol. The Balaban J connectivity index is 1.53. The molecule has 138 valence electrons. The van der Waals surface area contributed by atoms with Crippen molar-refractivity contribution in [3.8, 4) is 0 Å². The van der Waals surface area contributed by atoms with Crippen LogP contribution in [0.5, 0.6) is 0 Å². The molecule has 0 radical (unpaired) electrons. The molecule has 2 aromatic heterocycles. The highest BCUT2D eigenvalue weighted by Crippen LogP contribution is 2.24. The first-order valence-corrected chi connectivity index (χ1v) is 9.00. The van der Waals surface area contributed by atoms with Crippen LogP contribution in [0, 0.1) is 5.92 Å². The molecule has 0 saturated carbocycles. The van der Waals surface area contributed by atoms with Gasteiger partial charge in [0, 0.05) is 30.7 Å². The average molecular weight is 363 g/mol. The molecule has 3 aromatic rings. The first kappa shape index (κ1) is 17.4. The molecule has 1 aliphatic heterocycles. The SMILES string of the molecule is Cn1cccc(C(=O)N[C@@H]2COC[C@H]2Cc2ccnc3ccccc23)c1=O. The highest BCUT2D eigenvalue weighted by Gasteiger charge is 2.30. The molecule has 1 N–H and O–H groups in total. The van der Waals surface area contributed by atoms with Crippen LogP contribution in [0.4, 0.5) is 0 Å². The van der Waals surface area contributed by atoms with E-state index in [0.29, 0.717) is 13.2 Å². The average Bonchev–Trinajstić information content (AvgIpc) is 3.11. The number of carbonyl (C=O) groups is 1. The Morgan fingerprint density at radius 1 is 1.22 bits per heavy atom. The van der Waals surface area contributed by atoms with E-state index in [-0.39, 0.29) is 29.0 Å². The van der Waals surface area contributed by atoms with E-state index in [1.54, 1.807) is 25.4 Å². The Kier molecular flexibility index (Phi) is 4.73.